The van der Waals surface area contributed by atoms with E-state index in [0.717, 1.165) is 16.9 Å². The molecule has 1 heteroatoms. The van der Waals surface area contributed by atoms with E-state index in [0.29, 0.717) is 0 Å². The summed E-state index contributed by atoms with van der Waals surface area (Å²) in [5, 5.41) is 0.825. The largest absolute Gasteiger partial charge is 0.0843 e. The van der Waals surface area contributed by atoms with Gasteiger partial charge in [-0.3, -0.25) is 0 Å². The number of allylic oxidation sites excluding steroid dienone is 2. The van der Waals surface area contributed by atoms with Gasteiger partial charge in [-0.2, -0.15) is 0 Å². The highest BCUT2D eigenvalue weighted by molar-refractivity contribution is 6.30. The minimum Gasteiger partial charge on any atom is -0.0843 e. The fraction of sp³-hybridized carbons (Fsp3) is 0.500. The molecule has 17 heavy (non-hydrogen) atoms. The van der Waals surface area contributed by atoms with Crippen molar-refractivity contribution in [1.29, 1.82) is 0 Å². The maximum Gasteiger partial charge on any atom is 0.0406 e. The molecule has 1 aromatic carbocycles. The van der Waals surface area contributed by atoms with E-state index >= 15 is 0 Å². The highest BCUT2D eigenvalue weighted by Crippen LogP contribution is 2.43. The van der Waals surface area contributed by atoms with Crippen molar-refractivity contribution in [2.75, 3.05) is 0 Å². The zero-order valence-corrected chi connectivity index (χ0v) is 11.7. The fourth-order valence-electron chi connectivity index (χ4n) is 2.95. The van der Waals surface area contributed by atoms with Gasteiger partial charge in [-0.05, 0) is 54.4 Å². The lowest BCUT2D eigenvalue weighted by Gasteiger charge is -2.20. The predicted molar refractivity (Wildman–Crippen MR) is 76.2 cm³/mol. The van der Waals surface area contributed by atoms with Crippen molar-refractivity contribution in [3.63, 3.8) is 0 Å². The Morgan fingerprint density at radius 3 is 2.41 bits per heavy atom. The van der Waals surface area contributed by atoms with E-state index in [4.69, 9.17) is 11.6 Å². The highest BCUT2D eigenvalue weighted by atomic mass is 35.5. The van der Waals surface area contributed by atoms with Gasteiger partial charge in [0.15, 0.2) is 0 Å². The SMILES string of the molecule is CCC1=C(c2ccc(Cl)cc2)C(C(C)C)CC1. The van der Waals surface area contributed by atoms with Crippen LogP contribution in [0.25, 0.3) is 5.57 Å². The first kappa shape index (κ1) is 12.7. The Kier molecular flexibility index (Phi) is 3.93. The number of halogens is 1. The number of hydrogen-bond acceptors (Lipinski definition) is 0. The second-order valence-corrected chi connectivity index (χ2v) is 5.70. The molecule has 1 unspecified atom stereocenters. The molecule has 1 atom stereocenters. The zero-order valence-electron chi connectivity index (χ0n) is 11.0. The van der Waals surface area contributed by atoms with Crippen molar-refractivity contribution in [2.45, 2.75) is 40.0 Å². The minimum absolute atomic E-state index is 0.727. The van der Waals surface area contributed by atoms with Gasteiger partial charge in [0.05, 0.1) is 0 Å². The van der Waals surface area contributed by atoms with Crippen LogP contribution in [0.15, 0.2) is 29.8 Å². The molecule has 1 aromatic rings. The summed E-state index contributed by atoms with van der Waals surface area (Å²) in [6.45, 7) is 6.94. The molecule has 0 fully saturated rings. The van der Waals surface area contributed by atoms with Crippen molar-refractivity contribution in [2.24, 2.45) is 11.8 Å². The Morgan fingerprint density at radius 2 is 1.88 bits per heavy atom. The van der Waals surface area contributed by atoms with Crippen LogP contribution in [0.1, 0.15) is 45.6 Å². The first-order chi connectivity index (χ1) is 8.13. The lowest BCUT2D eigenvalue weighted by molar-refractivity contribution is 0.469. The van der Waals surface area contributed by atoms with Gasteiger partial charge in [0.25, 0.3) is 0 Å². The first-order valence-corrected chi connectivity index (χ1v) is 6.99. The Balaban J connectivity index is 2.41. The van der Waals surface area contributed by atoms with Gasteiger partial charge in [-0.25, -0.2) is 0 Å². The standard InChI is InChI=1S/C16H21Cl/c1-4-12-7-10-15(11(2)3)16(12)13-5-8-14(17)9-6-13/h5-6,8-9,11,15H,4,7,10H2,1-3H3. The van der Waals surface area contributed by atoms with Gasteiger partial charge >= 0.3 is 0 Å². The van der Waals surface area contributed by atoms with E-state index in [-0.39, 0.29) is 0 Å². The van der Waals surface area contributed by atoms with Crippen LogP contribution in [-0.4, -0.2) is 0 Å². The molecule has 1 aliphatic rings. The van der Waals surface area contributed by atoms with Crippen molar-refractivity contribution in [3.05, 3.63) is 40.4 Å². The average molecular weight is 249 g/mol. The fourth-order valence-corrected chi connectivity index (χ4v) is 3.08. The molecule has 0 amide bonds. The Bertz CT molecular complexity index is 412. The molecule has 0 saturated heterocycles. The molecule has 2 rings (SSSR count). The topological polar surface area (TPSA) is 0 Å². The van der Waals surface area contributed by atoms with Gasteiger partial charge in [0.1, 0.15) is 0 Å². The average Bonchev–Trinajstić information content (AvgIpc) is 2.73. The van der Waals surface area contributed by atoms with E-state index in [2.05, 4.69) is 32.9 Å². The molecule has 92 valence electrons. The van der Waals surface area contributed by atoms with Crippen LogP contribution in [0.4, 0.5) is 0 Å². The summed E-state index contributed by atoms with van der Waals surface area (Å²) < 4.78 is 0. The molecule has 1 aliphatic carbocycles. The molecule has 0 bridgehead atoms. The van der Waals surface area contributed by atoms with Crippen LogP contribution in [0, 0.1) is 11.8 Å². The van der Waals surface area contributed by atoms with E-state index in [1.54, 1.807) is 11.1 Å². The lowest BCUT2D eigenvalue weighted by atomic mass is 9.85. The molecule has 0 N–H and O–H groups in total. The Labute approximate surface area is 110 Å². The maximum absolute atomic E-state index is 5.97. The second kappa shape index (κ2) is 5.27. The van der Waals surface area contributed by atoms with Crippen molar-refractivity contribution >= 4 is 17.2 Å². The zero-order chi connectivity index (χ0) is 12.4. The lowest BCUT2D eigenvalue weighted by Crippen LogP contribution is -2.07. The van der Waals surface area contributed by atoms with Crippen LogP contribution in [0.3, 0.4) is 0 Å². The van der Waals surface area contributed by atoms with E-state index in [9.17, 15) is 0 Å². The smallest absolute Gasteiger partial charge is 0.0406 e. The summed E-state index contributed by atoms with van der Waals surface area (Å²) in [6.07, 6.45) is 3.78. The summed E-state index contributed by atoms with van der Waals surface area (Å²) in [4.78, 5) is 0. The first-order valence-electron chi connectivity index (χ1n) is 6.61. The molecule has 0 spiro atoms. The summed E-state index contributed by atoms with van der Waals surface area (Å²) >= 11 is 5.97. The molecular formula is C16H21Cl. The van der Waals surface area contributed by atoms with E-state index in [1.807, 2.05) is 12.1 Å². The van der Waals surface area contributed by atoms with Gasteiger partial charge in [-0.15, -0.1) is 0 Å². The van der Waals surface area contributed by atoms with Crippen LogP contribution in [0.5, 0.6) is 0 Å². The number of rotatable bonds is 3. The highest BCUT2D eigenvalue weighted by Gasteiger charge is 2.27. The van der Waals surface area contributed by atoms with Crippen LogP contribution in [0.2, 0.25) is 5.02 Å². The van der Waals surface area contributed by atoms with Crippen molar-refractivity contribution in [1.82, 2.24) is 0 Å². The summed E-state index contributed by atoms with van der Waals surface area (Å²) in [5.74, 6) is 1.45. The van der Waals surface area contributed by atoms with Gasteiger partial charge < -0.3 is 0 Å². The van der Waals surface area contributed by atoms with Crippen LogP contribution in [-0.2, 0) is 0 Å². The summed E-state index contributed by atoms with van der Waals surface area (Å²) in [5.41, 5.74) is 4.62. The Morgan fingerprint density at radius 1 is 1.24 bits per heavy atom. The quantitative estimate of drug-likeness (QED) is 0.656. The maximum atomic E-state index is 5.97. The third-order valence-corrected chi connectivity index (χ3v) is 4.15. The molecule has 0 nitrogen and oxygen atoms in total. The summed E-state index contributed by atoms with van der Waals surface area (Å²) in [7, 11) is 0. The van der Waals surface area contributed by atoms with Crippen molar-refractivity contribution < 1.29 is 0 Å². The van der Waals surface area contributed by atoms with E-state index in [1.165, 1.54) is 24.8 Å². The third kappa shape index (κ3) is 2.57. The van der Waals surface area contributed by atoms with Crippen LogP contribution >= 0.6 is 11.6 Å². The van der Waals surface area contributed by atoms with E-state index < -0.39 is 0 Å². The van der Waals surface area contributed by atoms with Crippen LogP contribution < -0.4 is 0 Å². The van der Waals surface area contributed by atoms with Crippen molar-refractivity contribution in [3.8, 4) is 0 Å². The van der Waals surface area contributed by atoms with Gasteiger partial charge in [0.2, 0.25) is 0 Å². The predicted octanol–water partition coefficient (Wildman–Crippen LogP) is 5.57. The minimum atomic E-state index is 0.727. The number of benzene rings is 1. The second-order valence-electron chi connectivity index (χ2n) is 5.27. The van der Waals surface area contributed by atoms with Gasteiger partial charge in [0, 0.05) is 5.02 Å². The molecule has 0 saturated carbocycles. The summed E-state index contributed by atoms with van der Waals surface area (Å²) in [6, 6.07) is 8.36. The Hall–Kier alpha value is -0.750. The molecule has 0 aliphatic heterocycles. The molecule has 0 aromatic heterocycles. The molecule has 0 heterocycles. The molecular weight excluding hydrogens is 228 g/mol. The molecule has 0 radical (unpaired) electrons. The normalized spacial score (nSPS) is 20.4. The number of hydrogen-bond donors (Lipinski definition) is 0. The monoisotopic (exact) mass is 248 g/mol. The van der Waals surface area contributed by atoms with Gasteiger partial charge in [-0.1, -0.05) is 50.1 Å². The third-order valence-electron chi connectivity index (χ3n) is 3.90.